The summed E-state index contributed by atoms with van der Waals surface area (Å²) in [6.45, 7) is 0.922. The highest BCUT2D eigenvalue weighted by Crippen LogP contribution is 2.19. The highest BCUT2D eigenvalue weighted by molar-refractivity contribution is 5.91. The van der Waals surface area contributed by atoms with E-state index in [1.54, 1.807) is 0 Å². The number of rotatable bonds is 10. The molecular weight excluding hydrogens is 372 g/mol. The van der Waals surface area contributed by atoms with E-state index in [1.165, 1.54) is 4.90 Å². The quantitative estimate of drug-likeness (QED) is 0.154. The van der Waals surface area contributed by atoms with Crippen LogP contribution in [0.15, 0.2) is 30.3 Å². The number of hydrogen-bond donors (Lipinski definition) is 5. The molecule has 9 nitrogen and oxygen atoms in total. The van der Waals surface area contributed by atoms with E-state index in [4.69, 9.17) is 16.9 Å². The van der Waals surface area contributed by atoms with Gasteiger partial charge in [0, 0.05) is 13.1 Å². The molecule has 3 atom stereocenters. The molecule has 1 aromatic rings. The second kappa shape index (κ2) is 11.2. The Balaban J connectivity index is 1.89. The van der Waals surface area contributed by atoms with Crippen molar-refractivity contribution in [3.8, 4) is 0 Å². The van der Waals surface area contributed by atoms with Crippen LogP contribution in [-0.2, 0) is 20.8 Å². The van der Waals surface area contributed by atoms with Crippen molar-refractivity contribution in [2.75, 3.05) is 13.1 Å². The van der Waals surface area contributed by atoms with Gasteiger partial charge in [-0.3, -0.25) is 15.0 Å². The minimum atomic E-state index is -0.717. The summed E-state index contributed by atoms with van der Waals surface area (Å²) in [7, 11) is 0. The number of amides is 2. The second-order valence-electron chi connectivity index (χ2n) is 7.22. The van der Waals surface area contributed by atoms with Crippen LogP contribution in [0, 0.1) is 5.41 Å². The van der Waals surface area contributed by atoms with E-state index in [2.05, 4.69) is 10.6 Å². The Hall–Kier alpha value is -2.94. The summed E-state index contributed by atoms with van der Waals surface area (Å²) in [6.07, 6.45) is 3.35. The van der Waals surface area contributed by atoms with Crippen LogP contribution in [0.3, 0.4) is 0 Å². The molecule has 1 heterocycles. The van der Waals surface area contributed by atoms with Gasteiger partial charge in [-0.15, -0.1) is 0 Å². The Morgan fingerprint density at radius 3 is 2.69 bits per heavy atom. The van der Waals surface area contributed by atoms with Crippen LogP contribution in [0.4, 0.5) is 0 Å². The summed E-state index contributed by atoms with van der Waals surface area (Å²) >= 11 is 0. The summed E-state index contributed by atoms with van der Waals surface area (Å²) in [6, 6.07) is 7.54. The molecule has 7 N–H and O–H groups in total. The first kappa shape index (κ1) is 22.4. The summed E-state index contributed by atoms with van der Waals surface area (Å²) in [5, 5.41) is 12.5. The number of carbonyl (C=O) groups excluding carboxylic acids is 3. The van der Waals surface area contributed by atoms with E-state index in [9.17, 15) is 14.4 Å². The lowest BCUT2D eigenvalue weighted by Gasteiger charge is -2.27. The van der Waals surface area contributed by atoms with Gasteiger partial charge in [0.2, 0.25) is 11.8 Å². The first-order valence-corrected chi connectivity index (χ1v) is 9.86. The number of hydrogen-bond acceptors (Lipinski definition) is 5. The van der Waals surface area contributed by atoms with Crippen molar-refractivity contribution in [3.05, 3.63) is 35.9 Å². The Labute approximate surface area is 170 Å². The first-order valence-electron chi connectivity index (χ1n) is 9.86. The van der Waals surface area contributed by atoms with Gasteiger partial charge in [-0.05, 0) is 37.7 Å². The molecular formula is C20H30N6O3. The number of carbonyl (C=O) groups is 3. The maximum atomic E-state index is 12.8. The predicted octanol–water partition coefficient (Wildman–Crippen LogP) is -0.506. The molecule has 0 aromatic heterocycles. The van der Waals surface area contributed by atoms with Gasteiger partial charge in [0.05, 0.1) is 12.1 Å². The number of nitrogens with one attached hydrogen (secondary N) is 3. The fourth-order valence-electron chi connectivity index (χ4n) is 3.47. The standard InChI is InChI=1S/C20H30N6O3/c21-16(12-14-6-2-1-3-7-14)19(29)26-11-5-9-17(26)18(28)25-15(13-27)8-4-10-24-20(22)23/h1-3,6-7,13,15-17H,4-5,8-12,21H2,(H,25,28)(H4,22,23,24)/t15-,16-,17-/m0/s1. The molecule has 1 fully saturated rings. The lowest BCUT2D eigenvalue weighted by Crippen LogP contribution is -2.53. The van der Waals surface area contributed by atoms with Gasteiger partial charge in [-0.1, -0.05) is 30.3 Å². The van der Waals surface area contributed by atoms with Gasteiger partial charge in [0.1, 0.15) is 12.3 Å². The SMILES string of the molecule is N=C(N)NCCC[C@@H](C=O)NC(=O)[C@@H]1CCCN1C(=O)[C@@H](N)Cc1ccccc1. The van der Waals surface area contributed by atoms with Crippen molar-refractivity contribution in [2.45, 2.75) is 50.2 Å². The van der Waals surface area contributed by atoms with Gasteiger partial charge in [-0.2, -0.15) is 0 Å². The fraction of sp³-hybridized carbons (Fsp3) is 0.500. The Morgan fingerprint density at radius 2 is 2.03 bits per heavy atom. The van der Waals surface area contributed by atoms with Crippen LogP contribution in [0.5, 0.6) is 0 Å². The minimum Gasteiger partial charge on any atom is -0.370 e. The Kier molecular flexibility index (Phi) is 8.60. The molecule has 0 aliphatic carbocycles. The normalized spacial score (nSPS) is 18.0. The van der Waals surface area contributed by atoms with E-state index >= 15 is 0 Å². The van der Waals surface area contributed by atoms with Gasteiger partial charge in [0.25, 0.3) is 0 Å². The first-order chi connectivity index (χ1) is 13.9. The van der Waals surface area contributed by atoms with Crippen molar-refractivity contribution in [2.24, 2.45) is 11.5 Å². The van der Waals surface area contributed by atoms with Crippen LogP contribution < -0.4 is 22.1 Å². The highest BCUT2D eigenvalue weighted by Gasteiger charge is 2.36. The topological polar surface area (TPSA) is 154 Å². The number of guanidine groups is 1. The molecule has 29 heavy (non-hydrogen) atoms. The number of nitrogens with two attached hydrogens (primary N) is 2. The van der Waals surface area contributed by atoms with Crippen molar-refractivity contribution in [3.63, 3.8) is 0 Å². The van der Waals surface area contributed by atoms with E-state index in [0.29, 0.717) is 45.1 Å². The zero-order valence-electron chi connectivity index (χ0n) is 16.5. The molecule has 0 spiro atoms. The Morgan fingerprint density at radius 1 is 1.31 bits per heavy atom. The largest absolute Gasteiger partial charge is 0.370 e. The van der Waals surface area contributed by atoms with Gasteiger partial charge >= 0.3 is 0 Å². The number of aldehydes is 1. The van der Waals surface area contributed by atoms with Crippen molar-refractivity contribution < 1.29 is 14.4 Å². The van der Waals surface area contributed by atoms with E-state index in [-0.39, 0.29) is 17.8 Å². The zero-order valence-corrected chi connectivity index (χ0v) is 16.5. The summed E-state index contributed by atoms with van der Waals surface area (Å²) < 4.78 is 0. The summed E-state index contributed by atoms with van der Waals surface area (Å²) in [5.74, 6) is -0.720. The molecule has 0 radical (unpaired) electrons. The van der Waals surface area contributed by atoms with Crippen LogP contribution in [-0.4, -0.2) is 60.2 Å². The maximum Gasteiger partial charge on any atom is 0.243 e. The summed E-state index contributed by atoms with van der Waals surface area (Å²) in [5.41, 5.74) is 12.3. The third-order valence-corrected chi connectivity index (χ3v) is 4.95. The molecule has 1 aliphatic rings. The highest BCUT2D eigenvalue weighted by atomic mass is 16.2. The number of benzene rings is 1. The average molecular weight is 402 g/mol. The van der Waals surface area contributed by atoms with Crippen LogP contribution in [0.2, 0.25) is 0 Å². The molecule has 158 valence electrons. The van der Waals surface area contributed by atoms with Crippen molar-refractivity contribution >= 4 is 24.1 Å². The van der Waals surface area contributed by atoms with Gasteiger partial charge < -0.3 is 31.8 Å². The fourth-order valence-corrected chi connectivity index (χ4v) is 3.47. The van der Waals surface area contributed by atoms with Crippen molar-refractivity contribution in [1.29, 1.82) is 5.41 Å². The molecule has 2 amide bonds. The lowest BCUT2D eigenvalue weighted by molar-refractivity contribution is -0.139. The van der Waals surface area contributed by atoms with Crippen LogP contribution >= 0.6 is 0 Å². The number of nitrogens with zero attached hydrogens (tertiary/aromatic N) is 1. The molecule has 1 aromatic carbocycles. The number of likely N-dealkylation sites (tertiary alicyclic amines) is 1. The smallest absolute Gasteiger partial charge is 0.243 e. The third kappa shape index (κ3) is 6.86. The molecule has 0 unspecified atom stereocenters. The molecule has 1 saturated heterocycles. The minimum absolute atomic E-state index is 0.136. The third-order valence-electron chi connectivity index (χ3n) is 4.95. The lowest BCUT2D eigenvalue weighted by atomic mass is 10.0. The Bertz CT molecular complexity index is 711. The van der Waals surface area contributed by atoms with Crippen LogP contribution in [0.25, 0.3) is 0 Å². The van der Waals surface area contributed by atoms with Crippen LogP contribution in [0.1, 0.15) is 31.2 Å². The second-order valence-corrected chi connectivity index (χ2v) is 7.22. The average Bonchev–Trinajstić information content (AvgIpc) is 3.20. The molecule has 2 rings (SSSR count). The molecule has 1 aliphatic heterocycles. The molecule has 0 bridgehead atoms. The van der Waals surface area contributed by atoms with Crippen molar-refractivity contribution in [1.82, 2.24) is 15.5 Å². The van der Waals surface area contributed by atoms with E-state index in [0.717, 1.165) is 12.0 Å². The molecule has 9 heteroatoms. The summed E-state index contributed by atoms with van der Waals surface area (Å²) in [4.78, 5) is 38.3. The van der Waals surface area contributed by atoms with E-state index < -0.39 is 18.1 Å². The monoisotopic (exact) mass is 402 g/mol. The predicted molar refractivity (Wildman–Crippen MR) is 110 cm³/mol. The zero-order chi connectivity index (χ0) is 21.2. The maximum absolute atomic E-state index is 12.8. The van der Waals surface area contributed by atoms with E-state index in [1.807, 2.05) is 30.3 Å². The van der Waals surface area contributed by atoms with Gasteiger partial charge in [-0.25, -0.2) is 0 Å². The van der Waals surface area contributed by atoms with Gasteiger partial charge in [0.15, 0.2) is 5.96 Å². The molecule has 0 saturated carbocycles.